The molecule has 0 aliphatic rings. The van der Waals surface area contributed by atoms with Gasteiger partial charge in [0, 0.05) is 6.07 Å². The molecule has 0 saturated heterocycles. The van der Waals surface area contributed by atoms with Gasteiger partial charge in [-0.15, -0.1) is 0 Å². The van der Waals surface area contributed by atoms with E-state index in [1.165, 1.54) is 19.4 Å². The molecule has 2 rings (SSSR count). The fourth-order valence-corrected chi connectivity index (χ4v) is 3.71. The van der Waals surface area contributed by atoms with Crippen LogP contribution in [0.4, 0.5) is 11.5 Å². The average Bonchev–Trinajstić information content (AvgIpc) is 2.51. The molecular weight excluding hydrogens is 361 g/mol. The lowest BCUT2D eigenvalue weighted by atomic mass is 10.3. The van der Waals surface area contributed by atoms with Gasteiger partial charge in [-0.3, -0.25) is 0 Å². The number of hydrogen-bond donors (Lipinski definition) is 1. The van der Waals surface area contributed by atoms with Crippen molar-refractivity contribution in [3.8, 4) is 5.75 Å². The predicted molar refractivity (Wildman–Crippen MR) is 90.7 cm³/mol. The van der Waals surface area contributed by atoms with E-state index in [1.54, 1.807) is 19.1 Å². The molecule has 0 amide bonds. The Kier molecular flexibility index (Phi) is 5.67. The highest BCUT2D eigenvalue weighted by atomic mass is 35.5. The zero-order valence-electron chi connectivity index (χ0n) is 12.5. The molecule has 6 nitrogen and oxygen atoms in total. The molecule has 1 heterocycles. The Hall–Kier alpha value is -1.57. The number of methoxy groups -OCH3 is 1. The highest BCUT2D eigenvalue weighted by molar-refractivity contribution is 7.91. The third kappa shape index (κ3) is 4.25. The zero-order valence-corrected chi connectivity index (χ0v) is 14.8. The second kappa shape index (κ2) is 7.33. The summed E-state index contributed by atoms with van der Waals surface area (Å²) in [5.74, 6) is 0.689. The zero-order chi connectivity index (χ0) is 17.0. The molecular formula is C14H15Cl2N3O3S. The van der Waals surface area contributed by atoms with Gasteiger partial charge in [0.15, 0.2) is 15.7 Å². The van der Waals surface area contributed by atoms with Crippen molar-refractivity contribution in [1.82, 2.24) is 9.97 Å². The lowest BCUT2D eigenvalue weighted by Gasteiger charge is -2.14. The molecule has 0 fully saturated rings. The first-order valence-electron chi connectivity index (χ1n) is 6.73. The Labute approximate surface area is 144 Å². The standard InChI is InChI=1S/C14H15Cl2N3O3S/c1-3-6-23(20,21)12-7-9(22-2)4-5-11(12)18-13-10(15)8-17-14(16)19-13/h4-5,7-8H,3,6H2,1-2H3,(H,17,18,19). The van der Waals surface area contributed by atoms with Gasteiger partial charge < -0.3 is 10.1 Å². The van der Waals surface area contributed by atoms with Gasteiger partial charge in [0.2, 0.25) is 5.28 Å². The van der Waals surface area contributed by atoms with E-state index >= 15 is 0 Å². The van der Waals surface area contributed by atoms with Crippen molar-refractivity contribution in [3.63, 3.8) is 0 Å². The lowest BCUT2D eigenvalue weighted by Crippen LogP contribution is -2.09. The van der Waals surface area contributed by atoms with Gasteiger partial charge in [0.05, 0.1) is 29.6 Å². The minimum absolute atomic E-state index is 0.00313. The van der Waals surface area contributed by atoms with Crippen LogP contribution >= 0.6 is 23.2 Å². The summed E-state index contributed by atoms with van der Waals surface area (Å²) in [6.45, 7) is 1.80. The van der Waals surface area contributed by atoms with Crippen LogP contribution in [0.3, 0.4) is 0 Å². The Balaban J connectivity index is 2.52. The monoisotopic (exact) mass is 375 g/mol. The number of ether oxygens (including phenoxy) is 1. The van der Waals surface area contributed by atoms with Crippen LogP contribution in [0, 0.1) is 0 Å². The summed E-state index contributed by atoms with van der Waals surface area (Å²) in [6, 6.07) is 4.70. The molecule has 0 aliphatic heterocycles. The molecule has 1 N–H and O–H groups in total. The first kappa shape index (κ1) is 17.8. The summed E-state index contributed by atoms with van der Waals surface area (Å²) < 4.78 is 30.1. The van der Waals surface area contributed by atoms with E-state index in [4.69, 9.17) is 27.9 Å². The van der Waals surface area contributed by atoms with E-state index in [1.807, 2.05) is 0 Å². The number of aromatic nitrogens is 2. The second-order valence-corrected chi connectivity index (χ2v) is 7.46. The van der Waals surface area contributed by atoms with E-state index in [-0.39, 0.29) is 26.8 Å². The highest BCUT2D eigenvalue weighted by Crippen LogP contribution is 2.31. The van der Waals surface area contributed by atoms with Crippen molar-refractivity contribution in [2.24, 2.45) is 0 Å². The third-order valence-electron chi connectivity index (χ3n) is 2.96. The SMILES string of the molecule is CCCS(=O)(=O)c1cc(OC)ccc1Nc1nc(Cl)ncc1Cl. The number of halogens is 2. The van der Waals surface area contributed by atoms with Crippen molar-refractivity contribution in [2.75, 3.05) is 18.2 Å². The van der Waals surface area contributed by atoms with E-state index in [9.17, 15) is 8.42 Å². The van der Waals surface area contributed by atoms with Crippen LogP contribution in [0.15, 0.2) is 29.3 Å². The number of hydrogen-bond acceptors (Lipinski definition) is 6. The minimum Gasteiger partial charge on any atom is -0.497 e. The van der Waals surface area contributed by atoms with Gasteiger partial charge >= 0.3 is 0 Å². The number of rotatable bonds is 6. The Morgan fingerprint density at radius 1 is 1.30 bits per heavy atom. The summed E-state index contributed by atoms with van der Waals surface area (Å²) in [4.78, 5) is 7.83. The van der Waals surface area contributed by atoms with E-state index in [0.717, 1.165) is 0 Å². The fourth-order valence-electron chi connectivity index (χ4n) is 1.93. The molecule has 0 saturated carbocycles. The molecule has 23 heavy (non-hydrogen) atoms. The van der Waals surface area contributed by atoms with Gasteiger partial charge in [-0.05, 0) is 30.2 Å². The number of benzene rings is 1. The van der Waals surface area contributed by atoms with Crippen LogP contribution in [-0.2, 0) is 9.84 Å². The van der Waals surface area contributed by atoms with Crippen molar-refractivity contribution >= 4 is 44.5 Å². The number of sulfone groups is 1. The van der Waals surface area contributed by atoms with E-state index in [0.29, 0.717) is 17.9 Å². The molecule has 0 spiro atoms. The van der Waals surface area contributed by atoms with Crippen LogP contribution in [0.2, 0.25) is 10.3 Å². The molecule has 0 radical (unpaired) electrons. The van der Waals surface area contributed by atoms with Crippen LogP contribution in [0.1, 0.15) is 13.3 Å². The number of nitrogens with zero attached hydrogens (tertiary/aromatic N) is 2. The maximum atomic E-state index is 12.5. The van der Waals surface area contributed by atoms with Gasteiger partial charge in [-0.25, -0.2) is 13.4 Å². The van der Waals surface area contributed by atoms with Crippen molar-refractivity contribution in [1.29, 1.82) is 0 Å². The second-order valence-electron chi connectivity index (χ2n) is 4.64. The highest BCUT2D eigenvalue weighted by Gasteiger charge is 2.20. The first-order chi connectivity index (χ1) is 10.9. The molecule has 0 unspecified atom stereocenters. The molecule has 0 bridgehead atoms. The number of nitrogens with one attached hydrogen (secondary N) is 1. The van der Waals surface area contributed by atoms with Crippen LogP contribution in [-0.4, -0.2) is 31.2 Å². The van der Waals surface area contributed by atoms with Crippen molar-refractivity contribution in [3.05, 3.63) is 34.7 Å². The maximum absolute atomic E-state index is 12.5. The molecule has 2 aromatic rings. The van der Waals surface area contributed by atoms with Gasteiger partial charge in [-0.1, -0.05) is 18.5 Å². The summed E-state index contributed by atoms with van der Waals surface area (Å²) in [7, 11) is -2.01. The van der Waals surface area contributed by atoms with Crippen molar-refractivity contribution in [2.45, 2.75) is 18.2 Å². The molecule has 1 aromatic carbocycles. The minimum atomic E-state index is -3.48. The largest absolute Gasteiger partial charge is 0.497 e. The van der Waals surface area contributed by atoms with Gasteiger partial charge in [0.25, 0.3) is 0 Å². The lowest BCUT2D eigenvalue weighted by molar-refractivity contribution is 0.413. The topological polar surface area (TPSA) is 81.2 Å². The van der Waals surface area contributed by atoms with E-state index in [2.05, 4.69) is 15.3 Å². The Morgan fingerprint density at radius 2 is 2.04 bits per heavy atom. The summed E-state index contributed by atoms with van der Waals surface area (Å²) in [5, 5.41) is 3.12. The smallest absolute Gasteiger partial charge is 0.224 e. The molecule has 0 aliphatic carbocycles. The third-order valence-corrected chi connectivity index (χ3v) is 5.38. The maximum Gasteiger partial charge on any atom is 0.224 e. The quantitative estimate of drug-likeness (QED) is 0.774. The van der Waals surface area contributed by atoms with Crippen molar-refractivity contribution < 1.29 is 13.2 Å². The fraction of sp³-hybridized carbons (Fsp3) is 0.286. The average molecular weight is 376 g/mol. The summed E-state index contributed by atoms with van der Waals surface area (Å²) in [5.41, 5.74) is 0.343. The van der Waals surface area contributed by atoms with Crippen LogP contribution in [0.25, 0.3) is 0 Å². The first-order valence-corrected chi connectivity index (χ1v) is 9.14. The molecule has 1 aromatic heterocycles. The molecule has 9 heteroatoms. The Morgan fingerprint density at radius 3 is 2.70 bits per heavy atom. The summed E-state index contributed by atoms with van der Waals surface area (Å²) in [6.07, 6.45) is 1.84. The van der Waals surface area contributed by atoms with Gasteiger partial charge in [0.1, 0.15) is 10.8 Å². The summed E-state index contributed by atoms with van der Waals surface area (Å²) >= 11 is 11.8. The number of anilines is 2. The van der Waals surface area contributed by atoms with E-state index < -0.39 is 9.84 Å². The van der Waals surface area contributed by atoms with Crippen LogP contribution < -0.4 is 10.1 Å². The van der Waals surface area contributed by atoms with Crippen LogP contribution in [0.5, 0.6) is 5.75 Å². The predicted octanol–water partition coefficient (Wildman–Crippen LogP) is 3.72. The van der Waals surface area contributed by atoms with Gasteiger partial charge in [-0.2, -0.15) is 4.98 Å². The normalized spacial score (nSPS) is 11.3. The Bertz CT molecular complexity index is 813. The molecule has 0 atom stereocenters. The molecule has 124 valence electrons.